The number of alkyl halides is 3. The van der Waals surface area contributed by atoms with Gasteiger partial charge in [0.1, 0.15) is 5.69 Å². The van der Waals surface area contributed by atoms with E-state index in [0.29, 0.717) is 12.1 Å². The van der Waals surface area contributed by atoms with Crippen LogP contribution in [0.2, 0.25) is 0 Å². The van der Waals surface area contributed by atoms with Crippen LogP contribution in [-0.4, -0.2) is 17.9 Å². The number of benzene rings is 1. The Kier molecular flexibility index (Phi) is 4.36. The smallest absolute Gasteiger partial charge is 0.309 e. The van der Waals surface area contributed by atoms with Gasteiger partial charge in [-0.15, -0.1) is 0 Å². The van der Waals surface area contributed by atoms with Crippen molar-refractivity contribution in [3.05, 3.63) is 33.9 Å². The van der Waals surface area contributed by atoms with Crippen LogP contribution < -0.4 is 4.90 Å². The van der Waals surface area contributed by atoms with Gasteiger partial charge in [-0.05, 0) is 12.1 Å². The Labute approximate surface area is 113 Å². The van der Waals surface area contributed by atoms with Crippen LogP contribution in [0.15, 0.2) is 18.2 Å². The van der Waals surface area contributed by atoms with Crippen molar-refractivity contribution < 1.29 is 22.9 Å². The summed E-state index contributed by atoms with van der Waals surface area (Å²) in [5.74, 6) is -0.852. The van der Waals surface area contributed by atoms with Crippen LogP contribution in [0.5, 0.6) is 0 Å². The van der Waals surface area contributed by atoms with Crippen LogP contribution in [0, 0.1) is 16.0 Å². The lowest BCUT2D eigenvalue weighted by atomic mass is 10.1. The molecule has 0 atom stereocenters. The topological polar surface area (TPSA) is 63.5 Å². The molecular formula is C12H13F3N2O3. The van der Waals surface area contributed by atoms with Crippen molar-refractivity contribution in [1.82, 2.24) is 0 Å². The van der Waals surface area contributed by atoms with Crippen molar-refractivity contribution in [1.29, 1.82) is 0 Å². The van der Waals surface area contributed by atoms with E-state index in [-0.39, 0.29) is 5.69 Å². The third-order valence-corrected chi connectivity index (χ3v) is 2.69. The fourth-order valence-corrected chi connectivity index (χ4v) is 1.64. The molecule has 0 aromatic heterocycles. The summed E-state index contributed by atoms with van der Waals surface area (Å²) in [6.07, 6.45) is -4.68. The van der Waals surface area contributed by atoms with Crippen molar-refractivity contribution in [3.63, 3.8) is 0 Å². The van der Waals surface area contributed by atoms with E-state index in [4.69, 9.17) is 0 Å². The lowest BCUT2D eigenvalue weighted by Crippen LogP contribution is -2.30. The summed E-state index contributed by atoms with van der Waals surface area (Å²) in [7, 11) is 1.29. The molecule has 0 saturated heterocycles. The number of carbonyl (C=O) groups is 1. The van der Waals surface area contributed by atoms with Crippen molar-refractivity contribution >= 4 is 17.3 Å². The van der Waals surface area contributed by atoms with Gasteiger partial charge < -0.3 is 4.90 Å². The summed E-state index contributed by atoms with van der Waals surface area (Å²) in [6, 6.07) is 2.08. The van der Waals surface area contributed by atoms with Gasteiger partial charge in [-0.3, -0.25) is 14.9 Å². The molecular weight excluding hydrogens is 277 g/mol. The second kappa shape index (κ2) is 5.48. The summed E-state index contributed by atoms with van der Waals surface area (Å²) in [4.78, 5) is 22.7. The van der Waals surface area contributed by atoms with Gasteiger partial charge in [0.25, 0.3) is 5.69 Å². The minimum Gasteiger partial charge on any atom is -0.309 e. The second-order valence-electron chi connectivity index (χ2n) is 4.51. The summed E-state index contributed by atoms with van der Waals surface area (Å²) >= 11 is 0. The Morgan fingerprint density at radius 1 is 1.35 bits per heavy atom. The van der Waals surface area contributed by atoms with Crippen molar-refractivity contribution in [2.24, 2.45) is 5.92 Å². The standard InChI is InChI=1S/C12H13F3N2O3/c1-7(2)11(18)16(3)9-5-4-8(12(13,14)15)6-10(9)17(19)20/h4-7H,1-3H3. The predicted molar refractivity (Wildman–Crippen MR) is 66.3 cm³/mol. The molecule has 1 aromatic carbocycles. The highest BCUT2D eigenvalue weighted by Gasteiger charge is 2.34. The van der Waals surface area contributed by atoms with Gasteiger partial charge >= 0.3 is 6.18 Å². The molecule has 0 unspecified atom stereocenters. The molecule has 5 nitrogen and oxygen atoms in total. The maximum Gasteiger partial charge on any atom is 0.416 e. The first kappa shape index (κ1) is 15.9. The number of amides is 1. The summed E-state index contributed by atoms with van der Waals surface area (Å²) in [5, 5.41) is 10.9. The van der Waals surface area contributed by atoms with Gasteiger partial charge in [-0.25, -0.2) is 0 Å². The van der Waals surface area contributed by atoms with Crippen molar-refractivity contribution in [3.8, 4) is 0 Å². The Morgan fingerprint density at radius 3 is 2.30 bits per heavy atom. The molecule has 110 valence electrons. The highest BCUT2D eigenvalue weighted by molar-refractivity contribution is 5.96. The number of carbonyl (C=O) groups excluding carboxylic acids is 1. The lowest BCUT2D eigenvalue weighted by molar-refractivity contribution is -0.384. The van der Waals surface area contributed by atoms with Crippen LogP contribution >= 0.6 is 0 Å². The maximum absolute atomic E-state index is 12.5. The number of halogens is 3. The summed E-state index contributed by atoms with van der Waals surface area (Å²) in [6.45, 7) is 3.18. The lowest BCUT2D eigenvalue weighted by Gasteiger charge is -2.20. The maximum atomic E-state index is 12.5. The monoisotopic (exact) mass is 290 g/mol. The summed E-state index contributed by atoms with van der Waals surface area (Å²) < 4.78 is 37.6. The van der Waals surface area contributed by atoms with E-state index in [0.717, 1.165) is 11.0 Å². The Bertz CT molecular complexity index is 541. The molecule has 0 aliphatic heterocycles. The van der Waals surface area contributed by atoms with Crippen LogP contribution in [0.3, 0.4) is 0 Å². The molecule has 1 rings (SSSR count). The molecule has 0 saturated carbocycles. The molecule has 0 radical (unpaired) electrons. The zero-order chi connectivity index (χ0) is 15.7. The predicted octanol–water partition coefficient (Wildman–Crippen LogP) is 3.23. The molecule has 0 spiro atoms. The number of hydrogen-bond donors (Lipinski definition) is 0. The zero-order valence-corrected chi connectivity index (χ0v) is 11.1. The average Bonchev–Trinajstić information content (AvgIpc) is 2.34. The van der Waals surface area contributed by atoms with Crippen LogP contribution in [0.25, 0.3) is 0 Å². The molecule has 20 heavy (non-hydrogen) atoms. The molecule has 1 amide bonds. The molecule has 8 heteroatoms. The van der Waals surface area contributed by atoms with Gasteiger partial charge in [0.05, 0.1) is 10.5 Å². The molecule has 0 N–H and O–H groups in total. The second-order valence-corrected chi connectivity index (χ2v) is 4.51. The van der Waals surface area contributed by atoms with E-state index in [1.165, 1.54) is 7.05 Å². The van der Waals surface area contributed by atoms with Crippen molar-refractivity contribution in [2.45, 2.75) is 20.0 Å². The number of nitrogens with zero attached hydrogens (tertiary/aromatic N) is 2. The fourth-order valence-electron chi connectivity index (χ4n) is 1.64. The minimum atomic E-state index is -4.68. The van der Waals surface area contributed by atoms with E-state index in [1.807, 2.05) is 0 Å². The normalized spacial score (nSPS) is 11.6. The van der Waals surface area contributed by atoms with E-state index in [1.54, 1.807) is 13.8 Å². The Hall–Kier alpha value is -2.12. The first-order chi connectivity index (χ1) is 9.05. The third kappa shape index (κ3) is 3.25. The molecule has 0 aliphatic rings. The molecule has 1 aromatic rings. The van der Waals surface area contributed by atoms with E-state index in [2.05, 4.69) is 0 Å². The highest BCUT2D eigenvalue weighted by Crippen LogP contribution is 2.36. The molecule has 0 bridgehead atoms. The number of nitro groups is 1. The highest BCUT2D eigenvalue weighted by atomic mass is 19.4. The van der Waals surface area contributed by atoms with Crippen LogP contribution in [-0.2, 0) is 11.0 Å². The zero-order valence-electron chi connectivity index (χ0n) is 11.1. The SMILES string of the molecule is CC(C)C(=O)N(C)c1ccc(C(F)(F)F)cc1[N+](=O)[O-]. The van der Waals surface area contributed by atoms with Crippen LogP contribution in [0.1, 0.15) is 19.4 Å². The fraction of sp³-hybridized carbons (Fsp3) is 0.417. The Morgan fingerprint density at radius 2 is 1.90 bits per heavy atom. The first-order valence-corrected chi connectivity index (χ1v) is 5.69. The van der Waals surface area contributed by atoms with Crippen LogP contribution in [0.4, 0.5) is 24.5 Å². The van der Waals surface area contributed by atoms with E-state index < -0.39 is 34.2 Å². The van der Waals surface area contributed by atoms with Gasteiger partial charge in [-0.1, -0.05) is 13.8 Å². The third-order valence-electron chi connectivity index (χ3n) is 2.69. The Balaban J connectivity index is 3.35. The average molecular weight is 290 g/mol. The molecule has 0 aliphatic carbocycles. The van der Waals surface area contributed by atoms with E-state index in [9.17, 15) is 28.1 Å². The molecule has 0 fully saturated rings. The first-order valence-electron chi connectivity index (χ1n) is 5.69. The number of rotatable bonds is 3. The number of anilines is 1. The van der Waals surface area contributed by atoms with Gasteiger partial charge in [0, 0.05) is 19.0 Å². The minimum absolute atomic E-state index is 0.165. The largest absolute Gasteiger partial charge is 0.416 e. The molecule has 0 heterocycles. The van der Waals surface area contributed by atoms with Gasteiger partial charge in [0.2, 0.25) is 5.91 Å². The quantitative estimate of drug-likeness (QED) is 0.634. The number of hydrogen-bond acceptors (Lipinski definition) is 3. The van der Waals surface area contributed by atoms with E-state index >= 15 is 0 Å². The summed E-state index contributed by atoms with van der Waals surface area (Å²) in [5.41, 5.74) is -2.05. The van der Waals surface area contributed by atoms with Gasteiger partial charge in [0.15, 0.2) is 0 Å². The van der Waals surface area contributed by atoms with Gasteiger partial charge in [-0.2, -0.15) is 13.2 Å². The van der Waals surface area contributed by atoms with Crippen molar-refractivity contribution in [2.75, 3.05) is 11.9 Å². The number of nitro benzene ring substituents is 1.